The van der Waals surface area contributed by atoms with Crippen molar-refractivity contribution in [3.63, 3.8) is 0 Å². The SMILES string of the molecule is C=C(C#Cc1cccc(Cl)c1)N1CCCCC1=NC. The highest BCUT2D eigenvalue weighted by atomic mass is 35.5. The Kier molecular flexibility index (Phi) is 4.65. The van der Waals surface area contributed by atoms with Gasteiger partial charge < -0.3 is 4.90 Å². The molecule has 19 heavy (non-hydrogen) atoms. The van der Waals surface area contributed by atoms with E-state index in [0.717, 1.165) is 36.5 Å². The van der Waals surface area contributed by atoms with E-state index in [0.29, 0.717) is 5.02 Å². The lowest BCUT2D eigenvalue weighted by molar-refractivity contribution is 0.454. The number of piperidine rings is 1. The Balaban J connectivity index is 2.13. The summed E-state index contributed by atoms with van der Waals surface area (Å²) in [5.74, 6) is 7.28. The van der Waals surface area contributed by atoms with Gasteiger partial charge in [-0.3, -0.25) is 4.99 Å². The van der Waals surface area contributed by atoms with E-state index in [1.807, 2.05) is 31.3 Å². The molecule has 2 nitrogen and oxygen atoms in total. The second kappa shape index (κ2) is 6.45. The zero-order valence-electron chi connectivity index (χ0n) is 11.1. The molecule has 0 radical (unpaired) electrons. The molecule has 0 N–H and O–H groups in total. The summed E-state index contributed by atoms with van der Waals surface area (Å²) in [6, 6.07) is 7.53. The summed E-state index contributed by atoms with van der Waals surface area (Å²) in [5.41, 5.74) is 1.71. The Morgan fingerprint density at radius 3 is 3.00 bits per heavy atom. The molecule has 1 saturated heterocycles. The lowest BCUT2D eigenvalue weighted by Gasteiger charge is -2.29. The van der Waals surface area contributed by atoms with Crippen LogP contribution in [0.1, 0.15) is 24.8 Å². The lowest BCUT2D eigenvalue weighted by Crippen LogP contribution is -2.34. The van der Waals surface area contributed by atoms with Gasteiger partial charge in [-0.05, 0) is 37.0 Å². The van der Waals surface area contributed by atoms with Gasteiger partial charge in [-0.25, -0.2) is 0 Å². The van der Waals surface area contributed by atoms with Crippen molar-refractivity contribution in [3.05, 3.63) is 47.1 Å². The minimum Gasteiger partial charge on any atom is -0.324 e. The highest BCUT2D eigenvalue weighted by Crippen LogP contribution is 2.16. The molecule has 0 saturated carbocycles. The Hall–Kier alpha value is -1.72. The predicted molar refractivity (Wildman–Crippen MR) is 81.4 cm³/mol. The maximum Gasteiger partial charge on any atom is 0.103 e. The van der Waals surface area contributed by atoms with E-state index in [9.17, 15) is 0 Å². The van der Waals surface area contributed by atoms with Crippen LogP contribution in [-0.2, 0) is 0 Å². The number of allylic oxidation sites excluding steroid dienone is 1. The van der Waals surface area contributed by atoms with E-state index in [4.69, 9.17) is 11.6 Å². The summed E-state index contributed by atoms with van der Waals surface area (Å²) in [6.45, 7) is 5.01. The molecule has 0 spiro atoms. The lowest BCUT2D eigenvalue weighted by atomic mass is 10.1. The number of hydrogen-bond donors (Lipinski definition) is 0. The van der Waals surface area contributed by atoms with Crippen LogP contribution in [0, 0.1) is 11.8 Å². The van der Waals surface area contributed by atoms with Crippen molar-refractivity contribution in [2.24, 2.45) is 4.99 Å². The minimum atomic E-state index is 0.700. The highest BCUT2D eigenvalue weighted by molar-refractivity contribution is 6.30. The van der Waals surface area contributed by atoms with Gasteiger partial charge in [0.2, 0.25) is 0 Å². The molecule has 0 aliphatic carbocycles. The van der Waals surface area contributed by atoms with E-state index >= 15 is 0 Å². The molecule has 1 aliphatic heterocycles. The monoisotopic (exact) mass is 272 g/mol. The number of rotatable bonds is 1. The van der Waals surface area contributed by atoms with Crippen LogP contribution in [0.3, 0.4) is 0 Å². The van der Waals surface area contributed by atoms with Crippen molar-refractivity contribution in [1.29, 1.82) is 0 Å². The van der Waals surface area contributed by atoms with Crippen molar-refractivity contribution in [1.82, 2.24) is 4.90 Å². The fraction of sp³-hybridized carbons (Fsp3) is 0.312. The summed E-state index contributed by atoms with van der Waals surface area (Å²) in [4.78, 5) is 6.42. The first-order valence-electron chi connectivity index (χ1n) is 6.40. The number of amidine groups is 1. The number of likely N-dealkylation sites (tertiary alicyclic amines) is 1. The molecule has 2 rings (SSSR count). The largest absolute Gasteiger partial charge is 0.324 e. The molecular formula is C16H17ClN2. The first-order chi connectivity index (χ1) is 9.20. The van der Waals surface area contributed by atoms with Gasteiger partial charge in [-0.2, -0.15) is 0 Å². The summed E-state index contributed by atoms with van der Waals surface area (Å²) in [6.07, 6.45) is 3.36. The molecule has 0 aromatic heterocycles. The number of halogens is 1. The Bertz CT molecular complexity index is 564. The second-order valence-corrected chi connectivity index (χ2v) is 4.89. The van der Waals surface area contributed by atoms with E-state index in [-0.39, 0.29) is 0 Å². The summed E-state index contributed by atoms with van der Waals surface area (Å²) >= 11 is 5.93. The molecular weight excluding hydrogens is 256 g/mol. The third-order valence-electron chi connectivity index (χ3n) is 3.10. The molecule has 0 atom stereocenters. The summed E-state index contributed by atoms with van der Waals surface area (Å²) in [5, 5.41) is 0.700. The summed E-state index contributed by atoms with van der Waals surface area (Å²) in [7, 11) is 1.82. The van der Waals surface area contributed by atoms with Crippen LogP contribution in [-0.4, -0.2) is 24.3 Å². The van der Waals surface area contributed by atoms with Crippen molar-refractivity contribution in [2.75, 3.05) is 13.6 Å². The normalized spacial score (nSPS) is 16.9. The highest BCUT2D eigenvalue weighted by Gasteiger charge is 2.16. The van der Waals surface area contributed by atoms with Crippen molar-refractivity contribution in [2.45, 2.75) is 19.3 Å². The average molecular weight is 273 g/mol. The molecule has 98 valence electrons. The average Bonchev–Trinajstić information content (AvgIpc) is 2.45. The molecule has 1 fully saturated rings. The standard InChI is InChI=1S/C16H17ClN2/c1-13(19-11-4-3-8-16(19)18-2)9-10-14-6-5-7-15(17)12-14/h5-7,12H,1,3-4,8,11H2,2H3. The molecule has 0 amide bonds. The molecule has 1 aromatic carbocycles. The zero-order chi connectivity index (χ0) is 13.7. The van der Waals surface area contributed by atoms with Crippen LogP contribution in [0.2, 0.25) is 5.02 Å². The molecule has 1 heterocycles. The van der Waals surface area contributed by atoms with Gasteiger partial charge in [0, 0.05) is 30.6 Å². The van der Waals surface area contributed by atoms with E-state index in [1.165, 1.54) is 6.42 Å². The smallest absolute Gasteiger partial charge is 0.103 e. The maximum absolute atomic E-state index is 5.93. The zero-order valence-corrected chi connectivity index (χ0v) is 11.9. The van der Waals surface area contributed by atoms with Gasteiger partial charge in [0.15, 0.2) is 0 Å². The Morgan fingerprint density at radius 2 is 2.26 bits per heavy atom. The number of aliphatic imine (C=N–C) groups is 1. The molecule has 1 aromatic rings. The molecule has 0 unspecified atom stereocenters. The van der Waals surface area contributed by atoms with Crippen LogP contribution in [0.25, 0.3) is 0 Å². The predicted octanol–water partition coefficient (Wildman–Crippen LogP) is 3.72. The Labute approximate surface area is 119 Å². The van der Waals surface area contributed by atoms with Crippen molar-refractivity contribution >= 4 is 17.4 Å². The third-order valence-corrected chi connectivity index (χ3v) is 3.34. The van der Waals surface area contributed by atoms with Gasteiger partial charge in [0.25, 0.3) is 0 Å². The number of nitrogens with zero attached hydrogens (tertiary/aromatic N) is 2. The quantitative estimate of drug-likeness (QED) is 0.712. The van der Waals surface area contributed by atoms with E-state index in [2.05, 4.69) is 28.3 Å². The summed E-state index contributed by atoms with van der Waals surface area (Å²) < 4.78 is 0. The second-order valence-electron chi connectivity index (χ2n) is 4.46. The first-order valence-corrected chi connectivity index (χ1v) is 6.78. The van der Waals surface area contributed by atoms with Crippen LogP contribution in [0.4, 0.5) is 0 Å². The Morgan fingerprint density at radius 1 is 1.42 bits per heavy atom. The van der Waals surface area contributed by atoms with E-state index < -0.39 is 0 Å². The fourth-order valence-electron chi connectivity index (χ4n) is 2.12. The van der Waals surface area contributed by atoms with E-state index in [1.54, 1.807) is 0 Å². The van der Waals surface area contributed by atoms with Gasteiger partial charge >= 0.3 is 0 Å². The molecule has 1 aliphatic rings. The third kappa shape index (κ3) is 3.62. The van der Waals surface area contributed by atoms with Crippen LogP contribution < -0.4 is 0 Å². The molecule has 0 bridgehead atoms. The fourth-order valence-corrected chi connectivity index (χ4v) is 2.31. The van der Waals surface area contributed by atoms with Crippen LogP contribution in [0.15, 0.2) is 41.5 Å². The van der Waals surface area contributed by atoms with Crippen LogP contribution in [0.5, 0.6) is 0 Å². The van der Waals surface area contributed by atoms with Gasteiger partial charge in [-0.1, -0.05) is 30.2 Å². The van der Waals surface area contributed by atoms with Gasteiger partial charge in [0.05, 0.1) is 5.70 Å². The number of hydrogen-bond acceptors (Lipinski definition) is 1. The van der Waals surface area contributed by atoms with Crippen LogP contribution >= 0.6 is 11.6 Å². The molecule has 3 heteroatoms. The maximum atomic E-state index is 5.93. The first kappa shape index (κ1) is 13.7. The number of benzene rings is 1. The van der Waals surface area contributed by atoms with Crippen molar-refractivity contribution in [3.8, 4) is 11.8 Å². The topological polar surface area (TPSA) is 15.6 Å². The minimum absolute atomic E-state index is 0.700. The van der Waals surface area contributed by atoms with Gasteiger partial charge in [-0.15, -0.1) is 0 Å². The van der Waals surface area contributed by atoms with Crippen molar-refractivity contribution < 1.29 is 0 Å². The van der Waals surface area contributed by atoms with Gasteiger partial charge in [0.1, 0.15) is 5.84 Å².